The summed E-state index contributed by atoms with van der Waals surface area (Å²) in [6, 6.07) is 16.9. The molecule has 3 fully saturated rings. The molecular formula is C77H92N10O15S2. The molecule has 3 aromatic carbocycles. The van der Waals surface area contributed by atoms with E-state index in [1.807, 2.05) is 37.1 Å². The second-order valence-electron chi connectivity index (χ2n) is 29.5. The Labute approximate surface area is 611 Å². The lowest BCUT2D eigenvalue weighted by atomic mass is 9.47. The Kier molecular flexibility index (Phi) is 22.1. The van der Waals surface area contributed by atoms with Gasteiger partial charge in [0.25, 0.3) is 11.5 Å². The molecule has 25 nitrogen and oxygen atoms in total. The van der Waals surface area contributed by atoms with Gasteiger partial charge in [0, 0.05) is 116 Å². The summed E-state index contributed by atoms with van der Waals surface area (Å²) in [5, 5.41) is 61.4. The van der Waals surface area contributed by atoms with Crippen LogP contribution in [-0.4, -0.2) is 197 Å². The number of benzene rings is 3. The Morgan fingerprint density at radius 2 is 1.68 bits per heavy atom. The van der Waals surface area contributed by atoms with E-state index in [1.54, 1.807) is 44.5 Å². The highest BCUT2D eigenvalue weighted by molar-refractivity contribution is 8.76. The highest BCUT2D eigenvalue weighted by Crippen LogP contribution is 2.68. The Morgan fingerprint density at radius 1 is 0.913 bits per heavy atom. The van der Waals surface area contributed by atoms with Crippen LogP contribution in [-0.2, 0) is 58.8 Å². The second kappa shape index (κ2) is 30.5. The number of carboxylic acid groups (broad SMARTS) is 2. The standard InChI is InChI=1S/C77H92N10O15S2/c1-8-14-57(82-62(90)24-22-49(66(92)93)34-59(88)47-20-17-45(18-21-47)19-23-51-40-78-64-63(81-51)65(91)80-44(4)79-64)60(89)35-50(67(94)95)42-104-103-32-31-102-72(98)84-83-71(97)77(100)69-76(27-30-87-28-13-26-75(10-3,68(76)87)70(77)96)55-36-56(61(101-7)37-58(55)85(69)6)73(5)38-46-39-74(99,9-2)43-86(41-46)29-25-53-52-16-12-11-15-48(52)33-54(53)73/h1,11-13,15-18,20-21,26,36-37,40,46,49-50,57,68-70,96,99-100H,9-10,14,19,22-25,27-35,38-39,41-43H2,2-7H3,(H,82,90)(H,83,97)(H,84,98)(H,92,93)(H,94,95)(H,78,79,80,91)/t46-,49+,50+,57-,68-,69+,70+,73-,74-,75+,76+,77-/m0/s1. The number of aliphatic hydroxyl groups is 3. The molecule has 2 aromatic heterocycles. The number of nitrogens with one attached hydrogen (secondary N) is 4. The van der Waals surface area contributed by atoms with Gasteiger partial charge < -0.3 is 50.2 Å². The summed E-state index contributed by atoms with van der Waals surface area (Å²) in [6.45, 7) is 11.3. The number of ketones is 2. The molecule has 12 rings (SSSR count). The maximum Gasteiger partial charge on any atom is 0.426 e. The summed E-state index contributed by atoms with van der Waals surface area (Å²) < 4.78 is 11.9. The molecule has 5 aliphatic heterocycles. The van der Waals surface area contributed by atoms with E-state index in [0.717, 1.165) is 76.3 Å². The number of H-pyrrole nitrogens is 1. The van der Waals surface area contributed by atoms with Crippen LogP contribution >= 0.6 is 21.6 Å². The number of hydrazine groups is 1. The zero-order valence-corrected chi connectivity index (χ0v) is 61.1. The summed E-state index contributed by atoms with van der Waals surface area (Å²) >= 11 is 0. The number of Topliss-reactive ketones (excluding diaryl/α,β-unsaturated/α-hetero) is 2. The SMILES string of the molecule is C#CC[C@H](NC(=O)CC[C@H](CC(=O)c1ccc(CCc2cnc3nc(C)[nH]c(=O)c3n2)cc1)C(=O)O)C(=O)C[C@H](CSSCCOC(=O)NNC(=O)[C@@]1(O)[C@H](O)[C@]2(CC)C=CCN3CC[C@@]4(c5cc([C@@]6(C)C[C@@H]7CN(CCC8=C6Cc6ccccc68)C[C@](O)(CC)C7)c(OC)cc5N(C)[C@@H]14)[C@@H]32)C(=O)O. The van der Waals surface area contributed by atoms with Crippen LogP contribution in [0.4, 0.5) is 10.5 Å². The molecule has 9 N–H and O–H groups in total. The first-order valence-corrected chi connectivity index (χ1v) is 38.3. The molecule has 2 saturated heterocycles. The van der Waals surface area contributed by atoms with Crippen LogP contribution in [0, 0.1) is 42.4 Å². The van der Waals surface area contributed by atoms with Gasteiger partial charge in [-0.15, -0.1) is 12.3 Å². The first kappa shape index (κ1) is 75.2. The van der Waals surface area contributed by atoms with Crippen LogP contribution in [0.2, 0.25) is 0 Å². The number of fused-ring (bicyclic) bond motifs is 6. The number of piperidine rings is 1. The monoisotopic (exact) mass is 1460 g/mol. The fourth-order valence-electron chi connectivity index (χ4n) is 18.4. The van der Waals surface area contributed by atoms with Crippen molar-refractivity contribution >= 4 is 85.4 Å². The minimum atomic E-state index is -2.55. The number of aliphatic carboxylic acids is 2. The van der Waals surface area contributed by atoms with E-state index in [0.29, 0.717) is 75.4 Å². The van der Waals surface area contributed by atoms with Gasteiger partial charge in [0.05, 0.1) is 48.5 Å². The van der Waals surface area contributed by atoms with Crippen molar-refractivity contribution in [2.24, 2.45) is 23.2 Å². The number of carbonyl (C=O) groups is 7. The summed E-state index contributed by atoms with van der Waals surface area (Å²) in [4.78, 5) is 128. The van der Waals surface area contributed by atoms with E-state index in [-0.39, 0.29) is 66.1 Å². The molecule has 3 amide bonds. The van der Waals surface area contributed by atoms with Crippen LogP contribution in [0.3, 0.4) is 0 Å². The molecule has 5 aromatic rings. The van der Waals surface area contributed by atoms with Gasteiger partial charge >= 0.3 is 18.0 Å². The normalized spacial score (nSPS) is 27.3. The van der Waals surface area contributed by atoms with Crippen molar-refractivity contribution in [2.45, 2.75) is 164 Å². The zero-order valence-electron chi connectivity index (χ0n) is 59.5. The molecule has 7 heterocycles. The molecule has 1 spiro atoms. The largest absolute Gasteiger partial charge is 0.496 e. The van der Waals surface area contributed by atoms with Gasteiger partial charge in [-0.05, 0) is 117 Å². The third-order valence-corrected chi connectivity index (χ3v) is 25.8. The van der Waals surface area contributed by atoms with E-state index in [1.165, 1.54) is 22.3 Å². The number of ether oxygens (including phenoxy) is 2. The number of carboxylic acids is 2. The lowest BCUT2D eigenvalue weighted by Gasteiger charge is -2.63. The number of carbonyl (C=O) groups excluding carboxylic acids is 5. The van der Waals surface area contributed by atoms with Crippen LogP contribution < -0.4 is 31.4 Å². The summed E-state index contributed by atoms with van der Waals surface area (Å²) in [6.07, 6.45) is 12.0. The fraction of sp³-hybridized carbons (Fsp3) is 0.519. The Hall–Kier alpha value is -8.49. The predicted octanol–water partition coefficient (Wildman–Crippen LogP) is 6.60. The summed E-state index contributed by atoms with van der Waals surface area (Å²) in [5.74, 6) is -4.33. The van der Waals surface area contributed by atoms with E-state index in [2.05, 4.69) is 96.0 Å². The van der Waals surface area contributed by atoms with Crippen molar-refractivity contribution in [2.75, 3.05) is 69.9 Å². The number of hydrogen-bond donors (Lipinski definition) is 9. The number of aromatic nitrogens is 4. The number of terminal acetylenes is 1. The fourth-order valence-corrected chi connectivity index (χ4v) is 20.5. The maximum atomic E-state index is 15.2. The third-order valence-electron chi connectivity index (χ3n) is 23.3. The first-order chi connectivity index (χ1) is 49.7. The molecule has 27 heteroatoms. The number of methoxy groups -OCH3 is 1. The molecule has 2 aliphatic carbocycles. The van der Waals surface area contributed by atoms with Gasteiger partial charge in [-0.1, -0.05) is 109 Å². The smallest absolute Gasteiger partial charge is 0.426 e. The average Bonchev–Trinajstić information content (AvgIpc) is 1.45. The van der Waals surface area contributed by atoms with Crippen molar-refractivity contribution in [1.29, 1.82) is 0 Å². The van der Waals surface area contributed by atoms with Crippen molar-refractivity contribution in [3.05, 3.63) is 140 Å². The molecule has 2 bridgehead atoms. The van der Waals surface area contributed by atoms with E-state index in [4.69, 9.17) is 15.9 Å². The van der Waals surface area contributed by atoms with Crippen molar-refractivity contribution in [3.8, 4) is 18.1 Å². The Balaban J connectivity index is 0.648. The van der Waals surface area contributed by atoms with E-state index >= 15 is 4.79 Å². The molecule has 13 atom stereocenters. The number of nitrogens with zero attached hydrogens (tertiary/aromatic N) is 6. The maximum absolute atomic E-state index is 15.2. The number of aryl methyl sites for hydroxylation is 3. The Bertz CT molecular complexity index is 4370. The predicted molar refractivity (Wildman–Crippen MR) is 393 cm³/mol. The highest BCUT2D eigenvalue weighted by atomic mass is 33.1. The van der Waals surface area contributed by atoms with Gasteiger partial charge in [0.15, 0.2) is 28.3 Å². The molecule has 104 heavy (non-hydrogen) atoms. The highest BCUT2D eigenvalue weighted by Gasteiger charge is 2.79. The lowest BCUT2D eigenvalue weighted by molar-refractivity contribution is -0.204. The third kappa shape index (κ3) is 14.2. The summed E-state index contributed by atoms with van der Waals surface area (Å²) in [5.41, 5.74) is 8.23. The lowest BCUT2D eigenvalue weighted by Crippen LogP contribution is -2.82. The Morgan fingerprint density at radius 3 is 2.41 bits per heavy atom. The van der Waals surface area contributed by atoms with E-state index < -0.39 is 117 Å². The number of allylic oxidation sites excluding steroid dienone is 1. The first-order valence-electron chi connectivity index (χ1n) is 35.8. The molecule has 1 unspecified atom stereocenters. The number of anilines is 1. The van der Waals surface area contributed by atoms with Gasteiger partial charge in [-0.2, -0.15) is 0 Å². The molecule has 552 valence electrons. The zero-order chi connectivity index (χ0) is 74.2. The number of likely N-dealkylation sites (N-methyl/N-ethyl adjacent to an activating group) is 1. The number of aromatic amines is 1. The van der Waals surface area contributed by atoms with Crippen LogP contribution in [0.15, 0.2) is 89.4 Å². The number of rotatable bonds is 27. The minimum absolute atomic E-state index is 0.0802. The van der Waals surface area contributed by atoms with Crippen molar-refractivity contribution in [3.63, 3.8) is 0 Å². The topological polar surface area (TPSA) is 356 Å². The van der Waals surface area contributed by atoms with Crippen LogP contribution in [0.1, 0.15) is 141 Å². The minimum Gasteiger partial charge on any atom is -0.496 e. The molecule has 0 radical (unpaired) electrons. The van der Waals surface area contributed by atoms with Gasteiger partial charge in [0.1, 0.15) is 24.3 Å². The number of aliphatic hydroxyl groups excluding tert-OH is 1. The molecule has 1 saturated carbocycles. The quantitative estimate of drug-likeness (QED) is 0.00667. The number of hydrogen-bond acceptors (Lipinski definition) is 21. The molecule has 7 aliphatic rings. The average molecular weight is 1460 g/mol. The van der Waals surface area contributed by atoms with Crippen molar-refractivity contribution < 1.29 is 68.6 Å². The second-order valence-corrected chi connectivity index (χ2v) is 32.1. The molecular weight excluding hydrogens is 1370 g/mol. The van der Waals surface area contributed by atoms with E-state index in [9.17, 15) is 59.1 Å². The van der Waals surface area contributed by atoms with Crippen molar-refractivity contribution in [1.82, 2.24) is 45.9 Å². The number of amides is 3. The summed E-state index contributed by atoms with van der Waals surface area (Å²) in [7, 11) is 5.77. The van der Waals surface area contributed by atoms with Gasteiger partial charge in [-0.25, -0.2) is 25.2 Å². The van der Waals surface area contributed by atoms with Crippen LogP contribution in [0.5, 0.6) is 5.75 Å². The van der Waals surface area contributed by atoms with Gasteiger partial charge in [-0.3, -0.25) is 48.8 Å². The van der Waals surface area contributed by atoms with Crippen LogP contribution in [0.25, 0.3) is 16.7 Å². The van der Waals surface area contributed by atoms with Gasteiger partial charge in [0.2, 0.25) is 5.91 Å².